The number of piperazine rings is 1. The fourth-order valence-electron chi connectivity index (χ4n) is 3.52. The molecule has 0 spiro atoms. The van der Waals surface area contributed by atoms with E-state index in [0.29, 0.717) is 26.2 Å². The fraction of sp³-hybridized carbons (Fsp3) is 0.167. The van der Waals surface area contributed by atoms with Crippen molar-refractivity contribution >= 4 is 17.8 Å². The lowest BCUT2D eigenvalue weighted by atomic mass is 10.0. The van der Waals surface area contributed by atoms with Crippen molar-refractivity contribution in [3.05, 3.63) is 90.6 Å². The van der Waals surface area contributed by atoms with Crippen molar-refractivity contribution in [1.82, 2.24) is 4.90 Å². The highest BCUT2D eigenvalue weighted by atomic mass is 16.5. The molecule has 146 valence electrons. The Morgan fingerprint density at radius 1 is 0.828 bits per heavy atom. The minimum atomic E-state index is 0.0155. The van der Waals surface area contributed by atoms with Crippen molar-refractivity contribution in [1.29, 1.82) is 0 Å². The number of aromatic nitrogens is 1. The van der Waals surface area contributed by atoms with Gasteiger partial charge in [-0.3, -0.25) is 9.69 Å². The van der Waals surface area contributed by atoms with E-state index in [1.54, 1.807) is 18.3 Å². The third-order valence-electron chi connectivity index (χ3n) is 5.17. The summed E-state index contributed by atoms with van der Waals surface area (Å²) in [6.07, 6.45) is 5.11. The minimum Gasteiger partial charge on any atom is -0.350 e. The van der Waals surface area contributed by atoms with Gasteiger partial charge in [0.25, 0.3) is 0 Å². The van der Waals surface area contributed by atoms with Gasteiger partial charge in [-0.15, -0.1) is 0 Å². The van der Waals surface area contributed by atoms with Crippen molar-refractivity contribution in [3.63, 3.8) is 0 Å². The smallest absolute Gasteiger partial charge is 0.316 e. The van der Waals surface area contributed by atoms with E-state index in [-0.39, 0.29) is 5.91 Å². The molecule has 5 heteroatoms. The van der Waals surface area contributed by atoms with E-state index in [4.69, 9.17) is 0 Å². The first-order chi connectivity index (χ1) is 14.2. The van der Waals surface area contributed by atoms with Crippen LogP contribution in [0.1, 0.15) is 5.56 Å². The van der Waals surface area contributed by atoms with Gasteiger partial charge < -0.3 is 10.1 Å². The standard InChI is InChI=1S/C24H24N3O2/c28-24(26-18-16-25(17-19-26)23-8-4-5-15-27(23)29)14-11-20-9-12-22(13-10-20)21-6-2-1-3-7-21/h1-15,29H,16-19H2/q+1/b14-11+. The first-order valence-electron chi connectivity index (χ1n) is 9.78. The molecule has 4 rings (SSSR count). The topological polar surface area (TPSA) is 47.7 Å². The second kappa shape index (κ2) is 8.61. The van der Waals surface area contributed by atoms with Gasteiger partial charge in [-0.2, -0.15) is 0 Å². The average molecular weight is 386 g/mol. The number of hydrogen-bond acceptors (Lipinski definition) is 3. The summed E-state index contributed by atoms with van der Waals surface area (Å²) >= 11 is 0. The van der Waals surface area contributed by atoms with E-state index in [9.17, 15) is 10.0 Å². The summed E-state index contributed by atoms with van der Waals surface area (Å²) in [7, 11) is 0. The maximum Gasteiger partial charge on any atom is 0.316 e. The predicted molar refractivity (Wildman–Crippen MR) is 114 cm³/mol. The largest absolute Gasteiger partial charge is 0.350 e. The van der Waals surface area contributed by atoms with Gasteiger partial charge in [-0.25, -0.2) is 0 Å². The molecule has 0 unspecified atom stereocenters. The van der Waals surface area contributed by atoms with Gasteiger partial charge in [0.15, 0.2) is 0 Å². The Balaban J connectivity index is 1.34. The number of anilines is 1. The van der Waals surface area contributed by atoms with Crippen LogP contribution < -0.4 is 9.63 Å². The minimum absolute atomic E-state index is 0.0155. The molecule has 29 heavy (non-hydrogen) atoms. The first-order valence-corrected chi connectivity index (χ1v) is 9.78. The van der Waals surface area contributed by atoms with Crippen LogP contribution in [0.3, 0.4) is 0 Å². The molecule has 1 aliphatic heterocycles. The summed E-state index contributed by atoms with van der Waals surface area (Å²) < 4.78 is 1.12. The van der Waals surface area contributed by atoms with Gasteiger partial charge in [0.2, 0.25) is 5.91 Å². The summed E-state index contributed by atoms with van der Waals surface area (Å²) in [6, 6.07) is 24.0. The summed E-state index contributed by atoms with van der Waals surface area (Å²) in [5.74, 6) is 0.760. The van der Waals surface area contributed by atoms with E-state index in [2.05, 4.69) is 29.2 Å². The van der Waals surface area contributed by atoms with Gasteiger partial charge >= 0.3 is 5.82 Å². The van der Waals surface area contributed by atoms with Gasteiger partial charge in [-0.05, 0) is 28.8 Å². The van der Waals surface area contributed by atoms with Gasteiger partial charge in [0.05, 0.1) is 13.1 Å². The number of nitrogens with zero attached hydrogens (tertiary/aromatic N) is 3. The highest BCUT2D eigenvalue weighted by molar-refractivity contribution is 5.92. The number of benzene rings is 2. The Kier molecular flexibility index (Phi) is 5.56. The van der Waals surface area contributed by atoms with Crippen LogP contribution in [0.15, 0.2) is 85.1 Å². The molecular weight excluding hydrogens is 362 g/mol. The Labute approximate surface area is 170 Å². The molecule has 3 aromatic rings. The average Bonchev–Trinajstić information content (AvgIpc) is 2.79. The molecule has 1 N–H and O–H groups in total. The SMILES string of the molecule is O=C(/C=C/c1ccc(-c2ccccc2)cc1)N1CCN(c2cccc[n+]2O)CC1. The van der Waals surface area contributed by atoms with Gasteiger partial charge in [0.1, 0.15) is 19.3 Å². The molecule has 2 heterocycles. The van der Waals surface area contributed by atoms with Crippen LogP contribution in [0.25, 0.3) is 17.2 Å². The summed E-state index contributed by atoms with van der Waals surface area (Å²) in [4.78, 5) is 16.5. The lowest BCUT2D eigenvalue weighted by molar-refractivity contribution is -0.894. The zero-order chi connectivity index (χ0) is 20.1. The molecule has 0 saturated carbocycles. The first kappa shape index (κ1) is 18.7. The Morgan fingerprint density at radius 2 is 1.48 bits per heavy atom. The lowest BCUT2D eigenvalue weighted by Crippen LogP contribution is -2.51. The quantitative estimate of drug-likeness (QED) is 0.425. The molecule has 1 aromatic heterocycles. The lowest BCUT2D eigenvalue weighted by Gasteiger charge is -2.30. The fourth-order valence-corrected chi connectivity index (χ4v) is 3.52. The van der Waals surface area contributed by atoms with Crippen molar-refractivity contribution in [3.8, 4) is 11.1 Å². The van der Waals surface area contributed by atoms with Crippen LogP contribution in [-0.2, 0) is 4.79 Å². The van der Waals surface area contributed by atoms with E-state index < -0.39 is 0 Å². The molecule has 0 aliphatic carbocycles. The van der Waals surface area contributed by atoms with Crippen LogP contribution in [0.4, 0.5) is 5.82 Å². The van der Waals surface area contributed by atoms with Crippen molar-refractivity contribution in [2.24, 2.45) is 0 Å². The second-order valence-electron chi connectivity index (χ2n) is 7.04. The highest BCUT2D eigenvalue weighted by Gasteiger charge is 2.26. The normalized spacial score (nSPS) is 14.3. The zero-order valence-electron chi connectivity index (χ0n) is 16.2. The van der Waals surface area contributed by atoms with E-state index >= 15 is 0 Å². The summed E-state index contributed by atoms with van der Waals surface area (Å²) in [5.41, 5.74) is 3.34. The molecule has 5 nitrogen and oxygen atoms in total. The van der Waals surface area contributed by atoms with Crippen LogP contribution >= 0.6 is 0 Å². The summed E-state index contributed by atoms with van der Waals surface area (Å²) in [6.45, 7) is 2.64. The molecule has 1 amide bonds. The Bertz CT molecular complexity index is 992. The third-order valence-corrected chi connectivity index (χ3v) is 5.17. The third kappa shape index (κ3) is 4.46. The number of pyridine rings is 1. The maximum absolute atomic E-state index is 12.5. The zero-order valence-corrected chi connectivity index (χ0v) is 16.2. The van der Waals surface area contributed by atoms with Crippen LogP contribution in [0, 0.1) is 0 Å². The number of amides is 1. The molecule has 2 aromatic carbocycles. The van der Waals surface area contributed by atoms with Crippen LogP contribution in [0.5, 0.6) is 0 Å². The van der Waals surface area contributed by atoms with Crippen LogP contribution in [0.2, 0.25) is 0 Å². The highest BCUT2D eigenvalue weighted by Crippen LogP contribution is 2.19. The maximum atomic E-state index is 12.5. The van der Waals surface area contributed by atoms with Gasteiger partial charge in [-0.1, -0.05) is 65.4 Å². The molecule has 0 radical (unpaired) electrons. The molecular formula is C24H24N3O2+. The van der Waals surface area contributed by atoms with Crippen molar-refractivity contribution in [2.45, 2.75) is 0 Å². The molecule has 1 fully saturated rings. The van der Waals surface area contributed by atoms with Crippen LogP contribution in [-0.4, -0.2) is 42.2 Å². The Hall–Kier alpha value is -3.60. The van der Waals surface area contributed by atoms with E-state index in [1.807, 2.05) is 53.4 Å². The van der Waals surface area contributed by atoms with Gasteiger partial charge in [0, 0.05) is 12.1 Å². The molecule has 0 atom stereocenters. The van der Waals surface area contributed by atoms with E-state index in [1.165, 1.54) is 5.56 Å². The molecule has 0 bridgehead atoms. The molecule has 1 saturated heterocycles. The predicted octanol–water partition coefficient (Wildman–Crippen LogP) is 3.24. The summed E-state index contributed by atoms with van der Waals surface area (Å²) in [5, 5.41) is 9.92. The molecule has 1 aliphatic rings. The number of hydrogen-bond donors (Lipinski definition) is 1. The monoisotopic (exact) mass is 386 g/mol. The number of carbonyl (C=O) groups is 1. The Morgan fingerprint density at radius 3 is 2.17 bits per heavy atom. The van der Waals surface area contributed by atoms with Crippen molar-refractivity contribution in [2.75, 3.05) is 31.1 Å². The second-order valence-corrected chi connectivity index (χ2v) is 7.04. The van der Waals surface area contributed by atoms with E-state index in [0.717, 1.165) is 21.7 Å². The van der Waals surface area contributed by atoms with Crippen molar-refractivity contribution < 1.29 is 14.7 Å². The number of carbonyl (C=O) groups excluding carboxylic acids is 1. The number of rotatable bonds is 4.